The summed E-state index contributed by atoms with van der Waals surface area (Å²) in [6, 6.07) is 8.42. The van der Waals surface area contributed by atoms with Crippen LogP contribution in [0.25, 0.3) is 0 Å². The molecule has 0 spiro atoms. The lowest BCUT2D eigenvalue weighted by Crippen LogP contribution is -2.24. The van der Waals surface area contributed by atoms with Crippen LogP contribution in [0.5, 0.6) is 0 Å². The zero-order valence-electron chi connectivity index (χ0n) is 7.61. The Labute approximate surface area is 78.5 Å². The minimum atomic E-state index is 0.929. The van der Waals surface area contributed by atoms with Gasteiger partial charge in [0.2, 0.25) is 0 Å². The van der Waals surface area contributed by atoms with Crippen LogP contribution in [0, 0.1) is 5.92 Å². The van der Waals surface area contributed by atoms with E-state index in [4.69, 9.17) is 0 Å². The summed E-state index contributed by atoms with van der Waals surface area (Å²) in [5.74, 6) is 0.929. The van der Waals surface area contributed by atoms with Crippen molar-refractivity contribution in [2.45, 2.75) is 19.4 Å². The second-order valence-electron chi connectivity index (χ2n) is 4.02. The first-order valence-corrected chi connectivity index (χ1v) is 4.96. The van der Waals surface area contributed by atoms with E-state index in [1.807, 2.05) is 0 Å². The summed E-state index contributed by atoms with van der Waals surface area (Å²) in [4.78, 5) is 0. The lowest BCUT2D eigenvalue weighted by atomic mass is 10.2. The molecule has 2 aliphatic rings. The molecule has 3 rings (SSSR count). The molecule has 1 fully saturated rings. The van der Waals surface area contributed by atoms with Gasteiger partial charge in [-0.05, 0) is 30.4 Å². The van der Waals surface area contributed by atoms with Gasteiger partial charge in [0.1, 0.15) is 0 Å². The highest BCUT2D eigenvalue weighted by atomic mass is 15.5. The maximum Gasteiger partial charge on any atom is 0.0822 e. The molecule has 1 radical (unpaired) electrons. The summed E-state index contributed by atoms with van der Waals surface area (Å²) in [5.41, 5.74) is 7.11. The SMILES string of the molecule is c1ccc2c(c1)CN(CC1CC1)[N]2. The van der Waals surface area contributed by atoms with Crippen molar-refractivity contribution in [3.63, 3.8) is 0 Å². The predicted octanol–water partition coefficient (Wildman–Crippen LogP) is 2.06. The van der Waals surface area contributed by atoms with Gasteiger partial charge in [-0.2, -0.15) is 10.4 Å². The fourth-order valence-electron chi connectivity index (χ4n) is 1.83. The van der Waals surface area contributed by atoms with Crippen LogP contribution < -0.4 is 5.43 Å². The van der Waals surface area contributed by atoms with Crippen LogP contribution in [0.15, 0.2) is 24.3 Å². The Balaban J connectivity index is 1.73. The zero-order chi connectivity index (χ0) is 8.67. The van der Waals surface area contributed by atoms with Crippen LogP contribution in [0.2, 0.25) is 0 Å². The van der Waals surface area contributed by atoms with Crippen molar-refractivity contribution in [2.24, 2.45) is 5.92 Å². The number of fused-ring (bicyclic) bond motifs is 1. The smallest absolute Gasteiger partial charge is 0.0822 e. The van der Waals surface area contributed by atoms with Gasteiger partial charge < -0.3 is 0 Å². The predicted molar refractivity (Wildman–Crippen MR) is 51.4 cm³/mol. The molecule has 0 unspecified atom stereocenters. The third-order valence-electron chi connectivity index (χ3n) is 2.76. The summed E-state index contributed by atoms with van der Waals surface area (Å²) < 4.78 is 0. The van der Waals surface area contributed by atoms with Gasteiger partial charge in [-0.3, -0.25) is 0 Å². The molecule has 1 saturated carbocycles. The third-order valence-corrected chi connectivity index (χ3v) is 2.76. The molecule has 1 heterocycles. The molecule has 0 saturated heterocycles. The zero-order valence-corrected chi connectivity index (χ0v) is 7.61. The van der Waals surface area contributed by atoms with Crippen LogP contribution in [-0.4, -0.2) is 11.6 Å². The van der Waals surface area contributed by atoms with Crippen molar-refractivity contribution in [3.8, 4) is 0 Å². The second kappa shape index (κ2) is 2.74. The highest BCUT2D eigenvalue weighted by Crippen LogP contribution is 2.33. The van der Waals surface area contributed by atoms with E-state index in [1.165, 1.54) is 24.1 Å². The Morgan fingerprint density at radius 1 is 1.31 bits per heavy atom. The molecule has 0 N–H and O–H groups in total. The Morgan fingerprint density at radius 2 is 2.15 bits per heavy atom. The molecule has 67 valence electrons. The van der Waals surface area contributed by atoms with Gasteiger partial charge in [0.15, 0.2) is 0 Å². The van der Waals surface area contributed by atoms with Crippen molar-refractivity contribution in [1.82, 2.24) is 10.4 Å². The lowest BCUT2D eigenvalue weighted by Gasteiger charge is -2.11. The minimum absolute atomic E-state index is 0.929. The van der Waals surface area contributed by atoms with Crippen molar-refractivity contribution in [3.05, 3.63) is 29.8 Å². The average molecular weight is 173 g/mol. The molecule has 1 aliphatic heterocycles. The summed E-state index contributed by atoms with van der Waals surface area (Å²) in [7, 11) is 0. The number of rotatable bonds is 2. The molecule has 13 heavy (non-hydrogen) atoms. The van der Waals surface area contributed by atoms with Gasteiger partial charge in [0.05, 0.1) is 5.69 Å². The molecule has 1 aliphatic carbocycles. The van der Waals surface area contributed by atoms with Gasteiger partial charge in [-0.25, -0.2) is 0 Å². The van der Waals surface area contributed by atoms with E-state index in [9.17, 15) is 0 Å². The van der Waals surface area contributed by atoms with Crippen LogP contribution in [-0.2, 0) is 6.54 Å². The fourth-order valence-corrected chi connectivity index (χ4v) is 1.83. The molecular weight excluding hydrogens is 160 g/mol. The van der Waals surface area contributed by atoms with E-state index < -0.39 is 0 Å². The molecule has 1 aromatic carbocycles. The average Bonchev–Trinajstić information content (AvgIpc) is 2.85. The lowest BCUT2D eigenvalue weighted by molar-refractivity contribution is 0.224. The standard InChI is InChI=1S/C11H13N2/c1-2-4-11-10(3-1)8-13(12-11)7-9-5-6-9/h1-4,9H,5-8H2. The molecule has 0 atom stereocenters. The van der Waals surface area contributed by atoms with E-state index >= 15 is 0 Å². The molecule has 2 heteroatoms. The summed E-state index contributed by atoms with van der Waals surface area (Å²) in [6.45, 7) is 2.18. The molecule has 0 amide bonds. The number of nitrogens with zero attached hydrogens (tertiary/aromatic N) is 2. The van der Waals surface area contributed by atoms with E-state index in [2.05, 4.69) is 34.7 Å². The normalized spacial score (nSPS) is 21.2. The fraction of sp³-hybridized carbons (Fsp3) is 0.455. The first kappa shape index (κ1) is 7.39. The van der Waals surface area contributed by atoms with Crippen LogP contribution in [0.4, 0.5) is 5.69 Å². The topological polar surface area (TPSA) is 17.3 Å². The minimum Gasteiger partial charge on any atom is -0.199 e. The van der Waals surface area contributed by atoms with E-state index in [0.29, 0.717) is 0 Å². The third kappa shape index (κ3) is 1.42. The van der Waals surface area contributed by atoms with Gasteiger partial charge in [0, 0.05) is 13.1 Å². The van der Waals surface area contributed by atoms with Crippen molar-refractivity contribution < 1.29 is 0 Å². The van der Waals surface area contributed by atoms with Gasteiger partial charge in [0.25, 0.3) is 0 Å². The maximum absolute atomic E-state index is 4.57. The Morgan fingerprint density at radius 3 is 2.92 bits per heavy atom. The molecule has 0 aromatic heterocycles. The highest BCUT2D eigenvalue weighted by Gasteiger charge is 2.28. The Kier molecular flexibility index (Phi) is 1.56. The summed E-state index contributed by atoms with van der Waals surface area (Å²) in [6.07, 6.45) is 2.81. The molecule has 0 bridgehead atoms. The molecule has 2 nitrogen and oxygen atoms in total. The number of hydrogen-bond acceptors (Lipinski definition) is 1. The van der Waals surface area contributed by atoms with E-state index in [-0.39, 0.29) is 0 Å². The van der Waals surface area contributed by atoms with E-state index in [0.717, 1.165) is 19.0 Å². The highest BCUT2D eigenvalue weighted by molar-refractivity contribution is 5.46. The number of benzene rings is 1. The first-order valence-electron chi connectivity index (χ1n) is 4.96. The van der Waals surface area contributed by atoms with Gasteiger partial charge in [-0.15, -0.1) is 0 Å². The number of hydrogen-bond donors (Lipinski definition) is 0. The molecule has 1 aromatic rings. The van der Waals surface area contributed by atoms with Crippen molar-refractivity contribution in [1.29, 1.82) is 0 Å². The Bertz CT molecular complexity index is 293. The summed E-state index contributed by atoms with van der Waals surface area (Å²) >= 11 is 0. The van der Waals surface area contributed by atoms with Crippen LogP contribution in [0.3, 0.4) is 0 Å². The summed E-state index contributed by atoms with van der Waals surface area (Å²) in [5, 5.41) is 2.21. The van der Waals surface area contributed by atoms with Crippen molar-refractivity contribution in [2.75, 3.05) is 6.54 Å². The quantitative estimate of drug-likeness (QED) is 0.669. The second-order valence-corrected chi connectivity index (χ2v) is 4.02. The Hall–Kier alpha value is -1.02. The van der Waals surface area contributed by atoms with Gasteiger partial charge >= 0.3 is 0 Å². The monoisotopic (exact) mass is 173 g/mol. The van der Waals surface area contributed by atoms with Gasteiger partial charge in [-0.1, -0.05) is 18.2 Å². The largest absolute Gasteiger partial charge is 0.199 e. The maximum atomic E-state index is 4.57. The van der Waals surface area contributed by atoms with Crippen LogP contribution >= 0.6 is 0 Å². The van der Waals surface area contributed by atoms with Crippen LogP contribution in [0.1, 0.15) is 18.4 Å². The van der Waals surface area contributed by atoms with Crippen molar-refractivity contribution >= 4 is 5.69 Å². The first-order chi connectivity index (χ1) is 6.42. The molecular formula is C11H13N2. The van der Waals surface area contributed by atoms with E-state index in [1.54, 1.807) is 0 Å².